The summed E-state index contributed by atoms with van der Waals surface area (Å²) in [5.41, 5.74) is -0.181. The number of carbonyl (C=O) groups is 1. The third kappa shape index (κ3) is 2.97. The van der Waals surface area contributed by atoms with Crippen molar-refractivity contribution in [3.63, 3.8) is 0 Å². The predicted octanol–water partition coefficient (Wildman–Crippen LogP) is 1.38. The third-order valence-corrected chi connectivity index (χ3v) is 3.82. The molecule has 5 nitrogen and oxygen atoms in total. The normalized spacial score (nSPS) is 13.8. The molecule has 2 aromatic heterocycles. The number of rotatable bonds is 4. The fourth-order valence-electron chi connectivity index (χ4n) is 1.87. The molecule has 0 saturated carbocycles. The van der Waals surface area contributed by atoms with Gasteiger partial charge >= 0.3 is 0 Å². The average molecular weight is 292 g/mol. The average Bonchev–Trinajstić information content (AvgIpc) is 2.91. The van der Waals surface area contributed by atoms with E-state index >= 15 is 0 Å². The molecule has 0 aromatic carbocycles. The molecule has 0 radical (unpaired) electrons. The molecule has 0 fully saturated rings. The first-order chi connectivity index (χ1) is 9.42. The van der Waals surface area contributed by atoms with Gasteiger partial charge in [-0.1, -0.05) is 0 Å². The van der Waals surface area contributed by atoms with E-state index in [4.69, 9.17) is 0 Å². The molecule has 2 rings (SSSR count). The number of nitrogens with one attached hydrogen (secondary N) is 2. The summed E-state index contributed by atoms with van der Waals surface area (Å²) < 4.78 is 0. The van der Waals surface area contributed by atoms with Gasteiger partial charge in [-0.3, -0.25) is 9.59 Å². The van der Waals surface area contributed by atoms with Crippen molar-refractivity contribution in [2.24, 2.45) is 0 Å². The molecule has 2 heterocycles. The van der Waals surface area contributed by atoms with Crippen LogP contribution in [0.5, 0.6) is 0 Å². The first-order valence-corrected chi connectivity index (χ1v) is 7.07. The van der Waals surface area contributed by atoms with Gasteiger partial charge in [0.2, 0.25) is 0 Å². The maximum atomic E-state index is 12.1. The lowest BCUT2D eigenvalue weighted by Crippen LogP contribution is -2.40. The lowest BCUT2D eigenvalue weighted by molar-refractivity contribution is 0.0529. The number of H-pyrrole nitrogens is 1. The number of aryl methyl sites for hydroxylation is 1. The smallest absolute Gasteiger partial charge is 0.261 e. The van der Waals surface area contributed by atoms with Crippen LogP contribution >= 0.6 is 11.3 Å². The number of hydrogen-bond acceptors (Lipinski definition) is 4. The van der Waals surface area contributed by atoms with E-state index in [1.165, 1.54) is 17.5 Å². The number of aliphatic hydroxyl groups is 1. The molecular weight excluding hydrogens is 276 g/mol. The van der Waals surface area contributed by atoms with Crippen LogP contribution in [0.3, 0.4) is 0 Å². The van der Waals surface area contributed by atoms with Gasteiger partial charge in [0.05, 0.1) is 6.54 Å². The molecule has 0 bridgehead atoms. The molecule has 1 amide bonds. The Balaban J connectivity index is 2.12. The highest BCUT2D eigenvalue weighted by atomic mass is 32.1. The Bertz CT molecular complexity index is 659. The largest absolute Gasteiger partial charge is 0.384 e. The van der Waals surface area contributed by atoms with Crippen molar-refractivity contribution in [1.29, 1.82) is 0 Å². The molecule has 3 N–H and O–H groups in total. The first kappa shape index (κ1) is 14.5. The van der Waals surface area contributed by atoms with Gasteiger partial charge in [0.15, 0.2) is 0 Å². The zero-order valence-electron chi connectivity index (χ0n) is 11.3. The summed E-state index contributed by atoms with van der Waals surface area (Å²) in [7, 11) is 0. The summed E-state index contributed by atoms with van der Waals surface area (Å²) in [6.07, 6.45) is 1.50. The fourth-order valence-corrected chi connectivity index (χ4v) is 2.66. The molecule has 0 saturated heterocycles. The number of thiophene rings is 1. The minimum atomic E-state index is -1.16. The Labute approximate surface area is 120 Å². The topological polar surface area (TPSA) is 82.2 Å². The second-order valence-corrected chi connectivity index (χ2v) is 5.61. The van der Waals surface area contributed by atoms with E-state index in [-0.39, 0.29) is 12.1 Å². The highest BCUT2D eigenvalue weighted by Crippen LogP contribution is 2.22. The van der Waals surface area contributed by atoms with E-state index in [0.717, 1.165) is 5.56 Å². The van der Waals surface area contributed by atoms with Crippen molar-refractivity contribution in [2.75, 3.05) is 6.54 Å². The van der Waals surface area contributed by atoms with Gasteiger partial charge in [-0.2, -0.15) is 11.3 Å². The van der Waals surface area contributed by atoms with E-state index in [1.807, 2.05) is 10.8 Å². The van der Waals surface area contributed by atoms with Crippen LogP contribution in [0.25, 0.3) is 0 Å². The molecule has 0 spiro atoms. The molecule has 6 heteroatoms. The maximum absolute atomic E-state index is 12.1. The maximum Gasteiger partial charge on any atom is 0.261 e. The van der Waals surface area contributed by atoms with E-state index < -0.39 is 17.1 Å². The Morgan fingerprint density at radius 2 is 2.25 bits per heavy atom. The number of carbonyl (C=O) groups excluding carboxylic acids is 1. The Morgan fingerprint density at radius 1 is 1.50 bits per heavy atom. The summed E-state index contributed by atoms with van der Waals surface area (Å²) in [5, 5.41) is 16.6. The van der Waals surface area contributed by atoms with Crippen LogP contribution in [0.2, 0.25) is 0 Å². The van der Waals surface area contributed by atoms with Crippen LogP contribution in [0.15, 0.2) is 33.9 Å². The molecule has 1 atom stereocenters. The quantitative estimate of drug-likeness (QED) is 0.796. The van der Waals surface area contributed by atoms with Crippen LogP contribution in [0.4, 0.5) is 0 Å². The van der Waals surface area contributed by atoms with Gasteiger partial charge in [-0.05, 0) is 47.9 Å². The predicted molar refractivity (Wildman–Crippen MR) is 78.0 cm³/mol. The van der Waals surface area contributed by atoms with Crippen LogP contribution in [0.1, 0.15) is 28.4 Å². The third-order valence-electron chi connectivity index (χ3n) is 3.13. The van der Waals surface area contributed by atoms with Crippen LogP contribution in [-0.4, -0.2) is 22.5 Å². The highest BCUT2D eigenvalue weighted by molar-refractivity contribution is 7.08. The van der Waals surface area contributed by atoms with Crippen molar-refractivity contribution in [3.05, 3.63) is 56.1 Å². The summed E-state index contributed by atoms with van der Waals surface area (Å²) in [6.45, 7) is 3.36. The number of amides is 1. The first-order valence-electron chi connectivity index (χ1n) is 6.13. The van der Waals surface area contributed by atoms with Gasteiger partial charge < -0.3 is 15.4 Å². The summed E-state index contributed by atoms with van der Waals surface area (Å²) in [6, 6.07) is 3.46. The minimum absolute atomic E-state index is 0.0380. The van der Waals surface area contributed by atoms with Gasteiger partial charge in [-0.25, -0.2) is 0 Å². The standard InChI is InChI=1S/C14H16N2O3S/c1-9-3-5-15-12(17)11(9)13(18)16-8-14(2,19)10-4-6-20-7-10/h3-7,19H,8H2,1-2H3,(H,15,17)(H,16,18). The number of aromatic nitrogens is 1. The van der Waals surface area contributed by atoms with Crippen molar-refractivity contribution in [2.45, 2.75) is 19.4 Å². The van der Waals surface area contributed by atoms with E-state index in [2.05, 4.69) is 10.3 Å². The van der Waals surface area contributed by atoms with Crippen molar-refractivity contribution >= 4 is 17.2 Å². The summed E-state index contributed by atoms with van der Waals surface area (Å²) >= 11 is 1.47. The minimum Gasteiger partial charge on any atom is -0.384 e. The summed E-state index contributed by atoms with van der Waals surface area (Å²) in [4.78, 5) is 26.2. The van der Waals surface area contributed by atoms with Gasteiger partial charge in [0.1, 0.15) is 11.2 Å². The Kier molecular flexibility index (Phi) is 4.06. The zero-order chi connectivity index (χ0) is 14.8. The van der Waals surface area contributed by atoms with E-state index in [9.17, 15) is 14.7 Å². The number of aromatic amines is 1. The van der Waals surface area contributed by atoms with Crippen molar-refractivity contribution in [1.82, 2.24) is 10.3 Å². The lowest BCUT2D eigenvalue weighted by atomic mass is 9.99. The van der Waals surface area contributed by atoms with Crippen LogP contribution in [0, 0.1) is 6.92 Å². The molecule has 1 unspecified atom stereocenters. The number of hydrogen-bond donors (Lipinski definition) is 3. The molecule has 106 valence electrons. The molecule has 2 aromatic rings. The van der Waals surface area contributed by atoms with E-state index in [0.29, 0.717) is 5.56 Å². The molecule has 0 aliphatic carbocycles. The van der Waals surface area contributed by atoms with Gasteiger partial charge in [-0.15, -0.1) is 0 Å². The zero-order valence-corrected chi connectivity index (χ0v) is 12.1. The number of pyridine rings is 1. The van der Waals surface area contributed by atoms with Crippen molar-refractivity contribution in [3.8, 4) is 0 Å². The molecule has 0 aliphatic heterocycles. The van der Waals surface area contributed by atoms with Crippen LogP contribution in [-0.2, 0) is 5.60 Å². The van der Waals surface area contributed by atoms with Gasteiger partial charge in [0.25, 0.3) is 11.5 Å². The Hall–Kier alpha value is -1.92. The monoisotopic (exact) mass is 292 g/mol. The SMILES string of the molecule is Cc1cc[nH]c(=O)c1C(=O)NCC(C)(O)c1ccsc1. The summed E-state index contributed by atoms with van der Waals surface area (Å²) in [5.74, 6) is -0.486. The highest BCUT2D eigenvalue weighted by Gasteiger charge is 2.25. The Morgan fingerprint density at radius 3 is 2.85 bits per heavy atom. The molecular formula is C14H16N2O3S. The lowest BCUT2D eigenvalue weighted by Gasteiger charge is -2.22. The van der Waals surface area contributed by atoms with Gasteiger partial charge in [0, 0.05) is 6.20 Å². The van der Waals surface area contributed by atoms with Crippen molar-refractivity contribution < 1.29 is 9.90 Å². The molecule has 0 aliphatic rings. The molecule has 20 heavy (non-hydrogen) atoms. The second kappa shape index (κ2) is 5.60. The van der Waals surface area contributed by atoms with Crippen LogP contribution < -0.4 is 10.9 Å². The fraction of sp³-hybridized carbons (Fsp3) is 0.286. The second-order valence-electron chi connectivity index (χ2n) is 4.83. The van der Waals surface area contributed by atoms with E-state index in [1.54, 1.807) is 26.0 Å².